The minimum absolute atomic E-state index is 0.0512. The summed E-state index contributed by atoms with van der Waals surface area (Å²) in [4.78, 5) is 71.7. The molecule has 2 saturated heterocycles. The quantitative estimate of drug-likeness (QED) is 0.0150. The minimum atomic E-state index is -6.93. The number of aliphatic carboxylic acids is 1. The zero-order chi connectivity index (χ0) is 94.1. The molecule has 38 heteroatoms. The number of amides is 2. The maximum Gasteiger partial charge on any atom is 0.534 e. The Kier molecular flexibility index (Phi) is 39.8. The number of phenolic OH excluding ortho intramolecular Hbond substituents is 2. The molecule has 7 aliphatic rings. The Labute approximate surface area is 735 Å². The Hall–Kier alpha value is -8.46. The highest BCUT2D eigenvalue weighted by atomic mass is 35.5. The molecule has 6 N–H and O–H groups in total. The van der Waals surface area contributed by atoms with E-state index in [2.05, 4.69) is 66.8 Å². The summed E-state index contributed by atoms with van der Waals surface area (Å²) in [5.74, 6) is -0.700. The number of phenols is 2. The number of alkyl halides is 9. The molecular weight excluding hydrogens is 1750 g/mol. The number of carboxylic acids is 1. The van der Waals surface area contributed by atoms with Crippen LogP contribution in [0.25, 0.3) is 21.5 Å². The van der Waals surface area contributed by atoms with Gasteiger partial charge in [0.05, 0.1) is 49.7 Å². The van der Waals surface area contributed by atoms with Gasteiger partial charge in [0.25, 0.3) is 0 Å². The lowest BCUT2D eigenvalue weighted by Crippen LogP contribution is -2.49. The van der Waals surface area contributed by atoms with Crippen molar-refractivity contribution in [2.24, 2.45) is 53.1 Å². The predicted molar refractivity (Wildman–Crippen MR) is 455 cm³/mol. The van der Waals surface area contributed by atoms with Crippen LogP contribution >= 0.6 is 11.6 Å². The lowest BCUT2D eigenvalue weighted by Gasteiger charge is -2.36. The molecule has 1 aromatic heterocycles. The molecule has 2 spiro atoms. The number of primary amides is 1. The summed E-state index contributed by atoms with van der Waals surface area (Å²) >= 11 is 5.30. The minimum Gasteiger partial charge on any atom is -0.508 e. The van der Waals surface area contributed by atoms with Crippen molar-refractivity contribution < 1.29 is 137 Å². The molecule has 702 valence electrons. The molecule has 3 saturated carbocycles. The van der Waals surface area contributed by atoms with Crippen molar-refractivity contribution >= 4 is 104 Å². The first-order valence-corrected chi connectivity index (χ1v) is 46.7. The number of nitrogens with zero attached hydrogens (tertiary/aromatic N) is 2. The number of anilines is 1. The number of hydrogen-bond acceptors (Lipinski definition) is 21. The number of nitrogens with two attached hydrogens (primary N) is 1. The number of nitrogens with one attached hydrogen (secondary N) is 1. The van der Waals surface area contributed by atoms with Gasteiger partial charge in [0.2, 0.25) is 11.8 Å². The molecule has 2 aliphatic heterocycles. The Morgan fingerprint density at radius 2 is 1.06 bits per heavy atom. The number of hydrogen-bond donors (Lipinski definition) is 5. The van der Waals surface area contributed by atoms with Crippen LogP contribution in [0.1, 0.15) is 215 Å². The van der Waals surface area contributed by atoms with Crippen molar-refractivity contribution in [3.63, 3.8) is 0 Å². The molecule has 0 radical (unpaired) electrons. The number of aromatic nitrogens is 1. The summed E-state index contributed by atoms with van der Waals surface area (Å²) in [6.45, 7) is 21.8. The highest BCUT2D eigenvalue weighted by Crippen LogP contribution is 2.45. The molecule has 2 amide bonds. The van der Waals surface area contributed by atoms with Gasteiger partial charge < -0.3 is 54.2 Å². The number of carbonyl (C=O) groups excluding carboxylic acids is 5. The molecular formula is C88H116ClF9N4O21S3. The molecule has 25 nitrogen and oxygen atoms in total. The van der Waals surface area contributed by atoms with Crippen LogP contribution in [0.15, 0.2) is 125 Å². The van der Waals surface area contributed by atoms with Crippen LogP contribution in [0.3, 0.4) is 0 Å². The van der Waals surface area contributed by atoms with Gasteiger partial charge in [-0.2, -0.15) is 64.8 Å². The molecule has 5 aromatic rings. The number of halogens is 10. The number of esters is 1. The molecule has 5 aliphatic carbocycles. The van der Waals surface area contributed by atoms with Gasteiger partial charge in [0.1, 0.15) is 28.8 Å². The fraction of sp³-hybridized carbons (Fsp3) is 0.580. The van der Waals surface area contributed by atoms with Crippen molar-refractivity contribution in [3.8, 4) is 11.5 Å². The van der Waals surface area contributed by atoms with E-state index in [1.54, 1.807) is 36.8 Å². The third kappa shape index (κ3) is 30.6. The number of Topliss-reactive ketones (excluding diaryl/α,β-unsaturated/α-hetero) is 2. The molecule has 126 heavy (non-hydrogen) atoms. The number of carbonyl (C=O) groups is 6. The number of allylic oxidation sites excluding steroid dienone is 4. The van der Waals surface area contributed by atoms with Gasteiger partial charge in [0.15, 0.2) is 17.4 Å². The Bertz CT molecular complexity index is 4950. The van der Waals surface area contributed by atoms with Crippen LogP contribution in [0.4, 0.5) is 45.3 Å². The largest absolute Gasteiger partial charge is 0.534 e. The molecule has 8 atom stereocenters. The first-order chi connectivity index (χ1) is 58.9. The number of benzene rings is 4. The second-order valence-corrected chi connectivity index (χ2v) is 38.3. The van der Waals surface area contributed by atoms with Gasteiger partial charge >= 0.3 is 58.6 Å². The van der Waals surface area contributed by atoms with Gasteiger partial charge in [-0.15, -0.1) is 3.71 Å². The van der Waals surface area contributed by atoms with Crippen LogP contribution < -0.4 is 14.8 Å². The Morgan fingerprint density at radius 3 is 1.49 bits per heavy atom. The maximum atomic E-state index is 12.5. The topological polar surface area (TPSA) is 375 Å². The molecule has 0 bridgehead atoms. The van der Waals surface area contributed by atoms with E-state index in [4.69, 9.17) is 36.3 Å². The van der Waals surface area contributed by atoms with Gasteiger partial charge in [-0.1, -0.05) is 173 Å². The molecule has 3 heterocycles. The van der Waals surface area contributed by atoms with E-state index in [1.165, 1.54) is 12.8 Å². The third-order valence-corrected chi connectivity index (χ3v) is 27.7. The number of fused-ring (bicyclic) bond motifs is 2. The highest BCUT2D eigenvalue weighted by molar-refractivity contribution is 8.11. The van der Waals surface area contributed by atoms with Gasteiger partial charge in [-0.25, -0.2) is 14.6 Å². The average Bonchev–Trinajstić information content (AvgIpc) is 0.827. The highest BCUT2D eigenvalue weighted by Gasteiger charge is 2.62. The van der Waals surface area contributed by atoms with Crippen molar-refractivity contribution in [1.29, 1.82) is 0 Å². The van der Waals surface area contributed by atoms with Crippen LogP contribution in [-0.4, -0.2) is 143 Å². The normalized spacial score (nSPS) is 22.2. The van der Waals surface area contributed by atoms with Crippen molar-refractivity contribution in [1.82, 2.24) is 10.3 Å². The molecule has 4 aromatic carbocycles. The second-order valence-electron chi connectivity index (χ2n) is 32.6. The fourth-order valence-corrected chi connectivity index (χ4v) is 19.4. The Morgan fingerprint density at radius 1 is 0.595 bits per heavy atom. The summed E-state index contributed by atoms with van der Waals surface area (Å²) < 4.78 is 208. The zero-order valence-corrected chi connectivity index (χ0v) is 75.5. The predicted octanol–water partition coefficient (Wildman–Crippen LogP) is 18.9. The van der Waals surface area contributed by atoms with E-state index in [0.29, 0.717) is 117 Å². The summed E-state index contributed by atoms with van der Waals surface area (Å²) in [7, 11) is -18.6. The summed E-state index contributed by atoms with van der Waals surface area (Å²) in [5.41, 5.74) is -8.54. The van der Waals surface area contributed by atoms with Crippen LogP contribution in [-0.2, 0) is 99.6 Å². The van der Waals surface area contributed by atoms with Crippen molar-refractivity contribution in [3.05, 3.63) is 142 Å². The monoisotopic (exact) mass is 1870 g/mol. The van der Waals surface area contributed by atoms with E-state index in [-0.39, 0.29) is 76.4 Å². The van der Waals surface area contributed by atoms with E-state index in [1.807, 2.05) is 62.4 Å². The summed E-state index contributed by atoms with van der Waals surface area (Å²) in [6, 6.07) is 23.2. The van der Waals surface area contributed by atoms with E-state index in [0.717, 1.165) is 142 Å². The van der Waals surface area contributed by atoms with Crippen molar-refractivity contribution in [2.45, 2.75) is 245 Å². The van der Waals surface area contributed by atoms with Gasteiger partial charge in [-0.05, 0) is 162 Å². The van der Waals surface area contributed by atoms with Crippen molar-refractivity contribution in [2.75, 3.05) is 37.2 Å². The van der Waals surface area contributed by atoms with Crippen LogP contribution in [0.2, 0.25) is 5.02 Å². The lowest BCUT2D eigenvalue weighted by molar-refractivity contribution is -0.187. The van der Waals surface area contributed by atoms with Gasteiger partial charge in [-0.3, -0.25) is 19.2 Å². The lowest BCUT2D eigenvalue weighted by atomic mass is 9.76. The molecule has 8 unspecified atom stereocenters. The second kappa shape index (κ2) is 47.2. The number of sulfonamides is 2. The van der Waals surface area contributed by atoms with Gasteiger partial charge in [0, 0.05) is 82.0 Å². The van der Waals surface area contributed by atoms with E-state index in [9.17, 15) is 109 Å². The summed E-state index contributed by atoms with van der Waals surface area (Å²) in [6.07, 6.45) is 21.5. The number of rotatable bonds is 21. The SMILES string of the molecule is CC/C=C1\CCC2(CC1C)OCCO2.CC1CC2(CCC1=O)OCCO2.CCCC1CC(C(=O)O)=C(NC(=O)CCc2ccc3cc(O)ccc3c2)CC1C.CCCC1CC(C(=O)OC)=C(OS(=O)(=O)C(F)(F)F)CC1C.CCCC1CCC(=O)CC1C.NC(=O)CCc1ccc2cc(O)ccc2c1.O=S(=O)(N(c1ccc(Cl)cn1)S(=O)(=O)C(F)(F)F)C(F)(F)F. The van der Waals surface area contributed by atoms with Crippen LogP contribution in [0, 0.1) is 47.3 Å². The van der Waals surface area contributed by atoms with E-state index < -0.39 is 79.7 Å². The smallest absolute Gasteiger partial charge is 0.508 e. The first kappa shape index (κ1) is 106. The fourth-order valence-electron chi connectivity index (χ4n) is 16.1. The average molecular weight is 1870 g/mol. The first-order valence-electron chi connectivity index (χ1n) is 42.0. The number of aromatic hydroxyl groups is 2. The standard InChI is InChI=1S/C24H29NO4.C13H19F3O5S.C13H13NO2.C12H20O2.C10H18O.C9H14O3.C7H3ClF6N2O4S2/c1-3-4-17-14-21(24(28)29)22(11-15(17)2)25-23(27)10-6-16-5-7-19-13-20(26)9-8-18(19)12-16;1-4-5-9-7-10(12(17)20-3)11(6-8(9)2)21-22(18,19)13(14,15)16;14-13(16)6-2-9-1-3-11-8-12(15)5-4-10(11)7-9;1-3-4-11-5-6-12(9-10(11)2)13-7-8-14-12;1-3-4-9-5-6-10(11)7-8(9)2;1-7-6-9(3-2-8(7)10)11-4-5-12-9;8-4-1-2-5(15-3-4)16(21(17,18)6(9,10)11)22(19,20)7(12,13)14/h5,7-9,12-13,15,17,26H,3-4,6,10-11,14H2,1-2H3,(H,25,27)(H,28,29);8-9H,4-7H2,1-3H3;1,3-5,7-8,15H,2,6H2,(H2,14,16);4,10H,3,5-9H2,1-2H3;8-9H,3-7H2,1-2H3;7H,2-6H2,1H3;1-3H/b;;;11-4+;;;. The summed E-state index contributed by atoms with van der Waals surface area (Å²) in [5, 5.41) is 35.1. The number of methoxy groups -OCH3 is 1. The van der Waals surface area contributed by atoms with E-state index >= 15 is 0 Å². The number of ketones is 2. The maximum absolute atomic E-state index is 12.5. The number of ether oxygens (including phenoxy) is 5. The molecule has 12 rings (SSSR count). The number of pyridine rings is 1. The van der Waals surface area contributed by atoms with Crippen LogP contribution in [0.5, 0.6) is 11.5 Å². The Balaban J connectivity index is 0.000000232. The number of aryl methyl sites for hydroxylation is 2. The third-order valence-electron chi connectivity index (χ3n) is 22.9. The number of carboxylic acid groups (broad SMARTS) is 1. The zero-order valence-electron chi connectivity index (χ0n) is 72.3. The molecule has 5 fully saturated rings.